The van der Waals surface area contributed by atoms with Gasteiger partial charge in [-0.15, -0.1) is 13.2 Å². The van der Waals surface area contributed by atoms with Crippen molar-refractivity contribution in [3.8, 4) is 0 Å². The quantitative estimate of drug-likeness (QED) is 0.244. The molecule has 2 N–H and O–H groups in total. The van der Waals surface area contributed by atoms with Gasteiger partial charge in [0.1, 0.15) is 6.61 Å². The summed E-state index contributed by atoms with van der Waals surface area (Å²) in [4.78, 5) is 27.1. The van der Waals surface area contributed by atoms with Crippen LogP contribution in [0.1, 0.15) is 6.92 Å². The van der Waals surface area contributed by atoms with E-state index in [9.17, 15) is 9.36 Å². The lowest BCUT2D eigenvalue weighted by molar-refractivity contribution is -0.139. The fourth-order valence-electron chi connectivity index (χ4n) is 0.414. The smallest absolute Gasteiger partial charge is 0.460 e. The number of carbonyl (C=O) groups excluding carboxylic acids is 1. The first-order chi connectivity index (χ1) is 6.83. The lowest BCUT2D eigenvalue weighted by Crippen LogP contribution is -2.10. The zero-order valence-corrected chi connectivity index (χ0v) is 9.40. The van der Waals surface area contributed by atoms with Crippen molar-refractivity contribution in [3.05, 3.63) is 25.3 Å². The van der Waals surface area contributed by atoms with E-state index in [2.05, 4.69) is 29.0 Å². The molecule has 0 aliphatic carbocycles. The van der Waals surface area contributed by atoms with Crippen molar-refractivity contribution < 1.29 is 28.4 Å². The van der Waals surface area contributed by atoms with Crippen LogP contribution in [0.15, 0.2) is 25.3 Å². The molecule has 0 spiro atoms. The number of ether oxygens (including phenoxy) is 1. The van der Waals surface area contributed by atoms with E-state index < -0.39 is 13.8 Å². The largest absolute Gasteiger partial charge is 0.469 e. The summed E-state index contributed by atoms with van der Waals surface area (Å²) in [6.45, 7) is 10.2. The van der Waals surface area contributed by atoms with Gasteiger partial charge >= 0.3 is 13.8 Å². The van der Waals surface area contributed by atoms with Crippen LogP contribution >= 0.6 is 7.82 Å². The number of phosphoric acid groups is 1. The molecule has 0 atom stereocenters. The molecule has 0 unspecified atom stereocenters. The van der Waals surface area contributed by atoms with Crippen molar-refractivity contribution in [2.45, 2.75) is 6.92 Å². The summed E-state index contributed by atoms with van der Waals surface area (Å²) in [6, 6.07) is 0. The summed E-state index contributed by atoms with van der Waals surface area (Å²) in [5, 5.41) is 0. The van der Waals surface area contributed by atoms with Gasteiger partial charge in [-0.05, 0) is 6.92 Å². The first-order valence-electron chi connectivity index (χ1n) is 3.85. The monoisotopic (exact) mass is 238 g/mol. The minimum atomic E-state index is -4.46. The molecule has 0 saturated heterocycles. The minimum Gasteiger partial charge on any atom is -0.460 e. The highest BCUT2D eigenvalue weighted by Crippen LogP contribution is 2.35. The first kappa shape index (κ1) is 16.5. The van der Waals surface area contributed by atoms with E-state index in [1.54, 1.807) is 0 Å². The van der Waals surface area contributed by atoms with Crippen LogP contribution in [0.2, 0.25) is 0 Å². The molecular formula is C8H15O6P. The SMILES string of the molecule is C=C.C=C(C)C(=O)OCCOP(=O)(O)O. The molecule has 0 aromatic carbocycles. The van der Waals surface area contributed by atoms with Crippen molar-refractivity contribution in [1.29, 1.82) is 0 Å². The number of hydrogen-bond donors (Lipinski definition) is 2. The van der Waals surface area contributed by atoms with Gasteiger partial charge in [-0.2, -0.15) is 0 Å². The van der Waals surface area contributed by atoms with E-state index in [4.69, 9.17) is 9.79 Å². The third-order valence-electron chi connectivity index (χ3n) is 0.924. The number of rotatable bonds is 5. The molecule has 0 heterocycles. The topological polar surface area (TPSA) is 93.1 Å². The van der Waals surface area contributed by atoms with Crippen molar-refractivity contribution in [2.24, 2.45) is 0 Å². The zero-order valence-electron chi connectivity index (χ0n) is 8.51. The molecule has 0 saturated carbocycles. The highest BCUT2D eigenvalue weighted by molar-refractivity contribution is 7.46. The van der Waals surface area contributed by atoms with Crippen LogP contribution in [0, 0.1) is 0 Å². The van der Waals surface area contributed by atoms with Gasteiger partial charge in [0.05, 0.1) is 6.61 Å². The third-order valence-corrected chi connectivity index (χ3v) is 1.44. The van der Waals surface area contributed by atoms with Gasteiger partial charge in [0.2, 0.25) is 0 Å². The second kappa shape index (κ2) is 8.38. The molecule has 0 rings (SSSR count). The maximum Gasteiger partial charge on any atom is 0.469 e. The molecule has 0 aromatic heterocycles. The Kier molecular flexibility index (Phi) is 9.21. The Hall–Kier alpha value is -0.940. The fraction of sp³-hybridized carbons (Fsp3) is 0.375. The summed E-state index contributed by atoms with van der Waals surface area (Å²) in [5.41, 5.74) is 0.219. The molecule has 0 amide bonds. The highest BCUT2D eigenvalue weighted by atomic mass is 31.2. The van der Waals surface area contributed by atoms with Gasteiger partial charge in [-0.25, -0.2) is 9.36 Å². The van der Waals surface area contributed by atoms with Gasteiger partial charge in [-0.3, -0.25) is 4.52 Å². The van der Waals surface area contributed by atoms with Gasteiger partial charge in [0.15, 0.2) is 0 Å². The van der Waals surface area contributed by atoms with E-state index >= 15 is 0 Å². The number of phosphoric ester groups is 1. The number of hydrogen-bond acceptors (Lipinski definition) is 4. The van der Waals surface area contributed by atoms with Gasteiger partial charge in [-0.1, -0.05) is 6.58 Å². The second-order valence-electron chi connectivity index (χ2n) is 2.24. The van der Waals surface area contributed by atoms with Crippen molar-refractivity contribution in [1.82, 2.24) is 0 Å². The standard InChI is InChI=1S/C6H11O6P.C2H4/c1-5(2)6(7)11-3-4-12-13(8,9)10;1-2/h1,3-4H2,2H3,(H2,8,9,10);1-2H2. The maximum absolute atomic E-state index is 10.7. The molecule has 0 fully saturated rings. The number of carbonyl (C=O) groups is 1. The van der Waals surface area contributed by atoms with Crippen LogP contribution in [-0.4, -0.2) is 29.0 Å². The van der Waals surface area contributed by atoms with Crippen molar-refractivity contribution in [2.75, 3.05) is 13.2 Å². The summed E-state index contributed by atoms with van der Waals surface area (Å²) in [7, 11) is -4.46. The predicted octanol–water partition coefficient (Wildman–Crippen LogP) is 1.02. The molecule has 88 valence electrons. The molecule has 0 aliphatic rings. The van der Waals surface area contributed by atoms with Crippen molar-refractivity contribution >= 4 is 13.8 Å². The molecule has 0 bridgehead atoms. The summed E-state index contributed by atoms with van der Waals surface area (Å²) < 4.78 is 18.6. The fourth-order valence-corrected chi connectivity index (χ4v) is 0.726. The summed E-state index contributed by atoms with van der Waals surface area (Å²) >= 11 is 0. The molecule has 0 aliphatic heterocycles. The van der Waals surface area contributed by atoms with Crippen LogP contribution < -0.4 is 0 Å². The first-order valence-corrected chi connectivity index (χ1v) is 5.38. The Bertz CT molecular complexity index is 256. The molecule has 7 heteroatoms. The Balaban J connectivity index is 0. The average molecular weight is 238 g/mol. The molecule has 0 radical (unpaired) electrons. The summed E-state index contributed by atoms with van der Waals surface area (Å²) in [6.07, 6.45) is 0. The van der Waals surface area contributed by atoms with Gasteiger partial charge in [0, 0.05) is 5.57 Å². The number of esters is 1. The average Bonchev–Trinajstić information content (AvgIpc) is 2.13. The van der Waals surface area contributed by atoms with Crippen LogP contribution in [0.25, 0.3) is 0 Å². The summed E-state index contributed by atoms with van der Waals surface area (Å²) in [5.74, 6) is -0.616. The second-order valence-corrected chi connectivity index (χ2v) is 3.48. The van der Waals surface area contributed by atoms with E-state index in [-0.39, 0.29) is 18.8 Å². The Morgan fingerprint density at radius 2 is 1.80 bits per heavy atom. The molecular weight excluding hydrogens is 223 g/mol. The lowest BCUT2D eigenvalue weighted by Gasteiger charge is -2.05. The molecule has 15 heavy (non-hydrogen) atoms. The lowest BCUT2D eigenvalue weighted by atomic mass is 10.4. The highest BCUT2D eigenvalue weighted by Gasteiger charge is 2.13. The van der Waals surface area contributed by atoms with Gasteiger partial charge in [0.25, 0.3) is 0 Å². The van der Waals surface area contributed by atoms with Crippen molar-refractivity contribution in [3.63, 3.8) is 0 Å². The van der Waals surface area contributed by atoms with E-state index in [0.717, 1.165) is 0 Å². The minimum absolute atomic E-state index is 0.212. The van der Waals surface area contributed by atoms with Crippen LogP contribution in [0.3, 0.4) is 0 Å². The Morgan fingerprint density at radius 1 is 1.33 bits per heavy atom. The Morgan fingerprint density at radius 3 is 2.13 bits per heavy atom. The normalized spacial score (nSPS) is 9.80. The van der Waals surface area contributed by atoms with E-state index in [1.807, 2.05) is 0 Å². The third kappa shape index (κ3) is 13.1. The zero-order chi connectivity index (χ0) is 12.5. The molecule has 6 nitrogen and oxygen atoms in total. The molecule has 0 aromatic rings. The maximum atomic E-state index is 10.7. The van der Waals surface area contributed by atoms with Crippen LogP contribution in [0.4, 0.5) is 0 Å². The van der Waals surface area contributed by atoms with Gasteiger partial charge < -0.3 is 14.5 Å². The predicted molar refractivity (Wildman–Crippen MR) is 55.0 cm³/mol. The van der Waals surface area contributed by atoms with Crippen LogP contribution in [-0.2, 0) is 18.6 Å². The van der Waals surface area contributed by atoms with E-state index in [0.29, 0.717) is 0 Å². The van der Waals surface area contributed by atoms with E-state index in [1.165, 1.54) is 6.92 Å². The Labute approximate surface area is 88.4 Å². The van der Waals surface area contributed by atoms with Crippen LogP contribution in [0.5, 0.6) is 0 Å².